The first-order chi connectivity index (χ1) is 46.6. The van der Waals surface area contributed by atoms with E-state index >= 15 is 0 Å². The first-order valence-electron chi connectivity index (χ1n) is 33.7. The number of hydrogen-bond donors (Lipinski definition) is 6. The summed E-state index contributed by atoms with van der Waals surface area (Å²) in [4.78, 5) is 159. The first kappa shape index (κ1) is 70.7. The average Bonchev–Trinajstić information content (AvgIpc) is 1.60. The highest BCUT2D eigenvalue weighted by Gasteiger charge is 2.59. The molecule has 6 fully saturated rings. The minimum Gasteiger partial charge on any atom is -0.387 e. The zero-order valence-electron chi connectivity index (χ0n) is 56.4. The van der Waals surface area contributed by atoms with E-state index < -0.39 is 105 Å². The summed E-state index contributed by atoms with van der Waals surface area (Å²) in [5, 5.41) is 26.2. The van der Waals surface area contributed by atoms with Gasteiger partial charge in [0.15, 0.2) is 11.2 Å². The third kappa shape index (κ3) is 16.4. The van der Waals surface area contributed by atoms with Crippen molar-refractivity contribution in [2.45, 2.75) is 178 Å². The maximum absolute atomic E-state index is 14.6. The molecule has 0 bridgehead atoms. The molecule has 24 nitrogen and oxygen atoms in total. The van der Waals surface area contributed by atoms with Gasteiger partial charge in [-0.25, -0.2) is 0 Å². The van der Waals surface area contributed by atoms with Gasteiger partial charge in [0.25, 0.3) is 11.8 Å². The van der Waals surface area contributed by atoms with Crippen LogP contribution in [0, 0.1) is 34.5 Å². The standard InChI is InChI=1S/2C36H43ClN6O6/c2*1-35(2,3)30(41-31(45)25-15-24(25)22-8-6-12-39-18-22)34(48)43-19-36(16-27(42-49-36)21-7-5-9-23(37)14-21)17-28(43)32(46)40-26(13-20-10-11-20)29(44)33(47)38-4/h2*5-9,12,14,18,20,24-26,28,30H,10-11,13,15-17,19H2,1-4H3,(H,38,47)(H,40,46)(H,41,45)/t24-,25+,26+,28+,30-,36-;24-,25+,26-,28-,30+,36+/m10/s1. The van der Waals surface area contributed by atoms with Crippen LogP contribution in [0.25, 0.3) is 0 Å². The Morgan fingerprint density at radius 1 is 0.541 bits per heavy atom. The molecule has 98 heavy (non-hydrogen) atoms. The van der Waals surface area contributed by atoms with Crippen LogP contribution in [-0.2, 0) is 57.6 Å². The molecule has 4 aromatic rings. The van der Waals surface area contributed by atoms with Crippen molar-refractivity contribution in [1.29, 1.82) is 0 Å². The predicted octanol–water partition coefficient (Wildman–Crippen LogP) is 6.27. The van der Waals surface area contributed by atoms with Crippen LogP contribution in [0.5, 0.6) is 0 Å². The van der Waals surface area contributed by atoms with Crippen molar-refractivity contribution < 1.29 is 57.6 Å². The van der Waals surface area contributed by atoms with Gasteiger partial charge in [-0.2, -0.15) is 0 Å². The Bertz CT molecular complexity index is 3590. The summed E-state index contributed by atoms with van der Waals surface area (Å²) in [5.74, 6) is -5.60. The van der Waals surface area contributed by atoms with Gasteiger partial charge in [-0.05, 0) is 108 Å². The number of pyridine rings is 2. The molecule has 2 aromatic heterocycles. The smallest absolute Gasteiger partial charge is 0.289 e. The van der Waals surface area contributed by atoms with Crippen LogP contribution in [0.15, 0.2) is 108 Å². The normalized spacial score (nSPS) is 25.5. The molecule has 8 amide bonds. The first-order valence-corrected chi connectivity index (χ1v) is 34.5. The molecular weight excluding hydrogens is 1300 g/mol. The van der Waals surface area contributed by atoms with Crippen LogP contribution in [-0.4, -0.2) is 165 Å². The van der Waals surface area contributed by atoms with Crippen LogP contribution in [0.1, 0.15) is 153 Å². The van der Waals surface area contributed by atoms with Crippen LogP contribution in [0.3, 0.4) is 0 Å². The molecule has 0 unspecified atom stereocenters. The van der Waals surface area contributed by atoms with Gasteiger partial charge in [0.1, 0.15) is 24.2 Å². The minimum atomic E-state index is -1.05. The Morgan fingerprint density at radius 3 is 1.26 bits per heavy atom. The molecule has 520 valence electrons. The molecule has 4 aliphatic carbocycles. The molecule has 6 N–H and O–H groups in total. The van der Waals surface area contributed by atoms with E-state index in [4.69, 9.17) is 32.9 Å². The van der Waals surface area contributed by atoms with Crippen molar-refractivity contribution in [3.8, 4) is 0 Å². The molecule has 6 heterocycles. The van der Waals surface area contributed by atoms with Crippen LogP contribution in [0.4, 0.5) is 0 Å². The number of oxime groups is 2. The summed E-state index contributed by atoms with van der Waals surface area (Å²) in [6, 6.07) is 15.9. The van der Waals surface area contributed by atoms with E-state index in [0.717, 1.165) is 47.9 Å². The summed E-state index contributed by atoms with van der Waals surface area (Å²) in [5.41, 5.74) is 1.25. The highest BCUT2D eigenvalue weighted by atomic mass is 35.5. The maximum Gasteiger partial charge on any atom is 0.289 e. The van der Waals surface area contributed by atoms with Gasteiger partial charge >= 0.3 is 0 Å². The number of carbonyl (C=O) groups excluding carboxylic acids is 10. The second-order valence-corrected chi connectivity index (χ2v) is 30.7. The highest BCUT2D eigenvalue weighted by Crippen LogP contribution is 2.50. The SMILES string of the molecule is CNC(=O)C(=O)[C@H](CC1CC1)NC(=O)[C@@H]1C[C@]2(CC(c3cccc(Cl)c3)=NO2)CN1C(=O)[C@@H](NC(=O)[C@@H]1C[C@H]1c1cccnc1)C(C)(C)C.CNC(=O)C(=O)[C@H](CC1CC1)NC(=O)[C@@H]1C[C@]2(CC(c3cccc(Cl)c3)=NO2)CN1C(=O)[C@@H](NC(=O)[C@H]1C[C@@H]1c1cccnc1)C(C)(C)C. The summed E-state index contributed by atoms with van der Waals surface area (Å²) in [7, 11) is 2.74. The van der Waals surface area contributed by atoms with Crippen molar-refractivity contribution in [2.75, 3.05) is 27.2 Å². The van der Waals surface area contributed by atoms with Crippen molar-refractivity contribution in [3.05, 3.63) is 130 Å². The number of rotatable bonds is 22. The number of likely N-dealkylation sites (tertiary alicyclic amines) is 2. The number of halogens is 2. The summed E-state index contributed by atoms with van der Waals surface area (Å²) in [6.07, 6.45) is 13.3. The number of likely N-dealkylation sites (N-methyl/N-ethyl adjacent to an activating group) is 2. The number of amides is 8. The number of hydrogen-bond acceptors (Lipinski definition) is 16. The van der Waals surface area contributed by atoms with Crippen LogP contribution >= 0.6 is 23.2 Å². The Balaban J connectivity index is 0.000000198. The van der Waals surface area contributed by atoms with E-state index in [1.165, 1.54) is 23.9 Å². The van der Waals surface area contributed by atoms with Gasteiger partial charge in [0.05, 0.1) is 36.6 Å². The Labute approximate surface area is 579 Å². The molecule has 0 radical (unpaired) electrons. The highest BCUT2D eigenvalue weighted by molar-refractivity contribution is 6.39. The van der Waals surface area contributed by atoms with Crippen molar-refractivity contribution in [3.63, 3.8) is 0 Å². The predicted molar refractivity (Wildman–Crippen MR) is 363 cm³/mol. The molecule has 8 aliphatic rings. The molecule has 2 spiro atoms. The molecular formula is C72H86Cl2N12O12. The minimum absolute atomic E-state index is 0.0215. The maximum atomic E-state index is 14.6. The van der Waals surface area contributed by atoms with Crippen LogP contribution in [0.2, 0.25) is 10.0 Å². The summed E-state index contributed by atoms with van der Waals surface area (Å²) < 4.78 is 0. The number of benzene rings is 2. The third-order valence-electron chi connectivity index (χ3n) is 19.9. The molecule has 26 heteroatoms. The van der Waals surface area contributed by atoms with E-state index in [2.05, 4.69) is 52.2 Å². The Hall–Kier alpha value is -8.64. The van der Waals surface area contributed by atoms with Gasteiger partial charge in [0, 0.05) is 97.6 Å². The van der Waals surface area contributed by atoms with E-state index in [1.54, 1.807) is 49.1 Å². The zero-order valence-corrected chi connectivity index (χ0v) is 57.9. The third-order valence-corrected chi connectivity index (χ3v) is 20.4. The van der Waals surface area contributed by atoms with E-state index in [1.807, 2.05) is 90.1 Å². The fourth-order valence-corrected chi connectivity index (χ4v) is 14.2. The monoisotopic (exact) mass is 1380 g/mol. The van der Waals surface area contributed by atoms with Crippen molar-refractivity contribution in [1.82, 2.24) is 51.7 Å². The number of ketones is 2. The van der Waals surface area contributed by atoms with Gasteiger partial charge < -0.3 is 51.4 Å². The van der Waals surface area contributed by atoms with Crippen LogP contribution < -0.4 is 31.9 Å². The van der Waals surface area contributed by atoms with Gasteiger partial charge in [-0.1, -0.05) is 137 Å². The number of nitrogens with one attached hydrogen (secondary N) is 6. The molecule has 2 aromatic carbocycles. The second kappa shape index (κ2) is 28.7. The second-order valence-electron chi connectivity index (χ2n) is 29.8. The molecule has 2 saturated heterocycles. The van der Waals surface area contributed by atoms with Crippen molar-refractivity contribution in [2.24, 2.45) is 44.8 Å². The summed E-state index contributed by atoms with van der Waals surface area (Å²) in [6.45, 7) is 11.2. The topological polar surface area (TPSA) is 318 Å². The van der Waals surface area contributed by atoms with Crippen molar-refractivity contribution >= 4 is 93.4 Å². The number of nitrogens with zero attached hydrogens (tertiary/aromatic N) is 6. The lowest BCUT2D eigenvalue weighted by Crippen LogP contribution is -2.59. The zero-order chi connectivity index (χ0) is 70.2. The number of carbonyl (C=O) groups is 10. The van der Waals surface area contributed by atoms with Gasteiger partial charge in [-0.15, -0.1) is 0 Å². The van der Waals surface area contributed by atoms with E-state index in [9.17, 15) is 47.9 Å². The summed E-state index contributed by atoms with van der Waals surface area (Å²) >= 11 is 12.5. The molecule has 12 rings (SSSR count). The average molecular weight is 1380 g/mol. The molecule has 12 atom stereocenters. The van der Waals surface area contributed by atoms with Gasteiger partial charge in [0.2, 0.25) is 47.0 Å². The van der Waals surface area contributed by atoms with E-state index in [-0.39, 0.29) is 73.3 Å². The fourth-order valence-electron chi connectivity index (χ4n) is 13.9. The number of Topliss-reactive ketones (excluding diaryl/α,β-unsaturated/α-hetero) is 2. The van der Waals surface area contributed by atoms with Gasteiger partial charge in [-0.3, -0.25) is 57.9 Å². The largest absolute Gasteiger partial charge is 0.387 e. The number of aromatic nitrogens is 2. The lowest BCUT2D eigenvalue weighted by molar-refractivity contribution is -0.145. The quantitative estimate of drug-likeness (QED) is 0.0473. The fraction of sp³-hybridized carbons (Fsp3) is 0.528. The van der Waals surface area contributed by atoms with E-state index in [0.29, 0.717) is 60.0 Å². The lowest BCUT2D eigenvalue weighted by atomic mass is 9.85. The Kier molecular flexibility index (Phi) is 20.7. The molecule has 4 aliphatic heterocycles. The Morgan fingerprint density at radius 2 is 0.929 bits per heavy atom. The lowest BCUT2D eigenvalue weighted by Gasteiger charge is -2.35. The molecule has 4 saturated carbocycles.